The maximum atomic E-state index is 6.02. The smallest absolute Gasteiger partial charge is 0.0406 e. The Morgan fingerprint density at radius 1 is 0.750 bits per heavy atom. The summed E-state index contributed by atoms with van der Waals surface area (Å²) in [5.41, 5.74) is 8.83. The average molecular weight is 332 g/mol. The van der Waals surface area contributed by atoms with Gasteiger partial charge in [0, 0.05) is 24.8 Å². The maximum absolute atomic E-state index is 6.02. The van der Waals surface area contributed by atoms with Crippen molar-refractivity contribution < 1.29 is 0 Å². The molecule has 0 saturated heterocycles. The summed E-state index contributed by atoms with van der Waals surface area (Å²) in [6.45, 7) is 0. The van der Waals surface area contributed by atoms with Gasteiger partial charge in [0.05, 0.1) is 0 Å². The highest BCUT2D eigenvalue weighted by Crippen LogP contribution is 2.46. The summed E-state index contributed by atoms with van der Waals surface area (Å²) in [5, 5.41) is 0.763. The second-order valence-electron chi connectivity index (χ2n) is 6.28. The number of hydrogen-bond donors (Lipinski definition) is 0. The highest BCUT2D eigenvalue weighted by Gasteiger charge is 2.23. The molecule has 0 unspecified atom stereocenters. The van der Waals surface area contributed by atoms with Gasteiger partial charge in [-0.05, 0) is 63.7 Å². The third-order valence-corrected chi connectivity index (χ3v) is 4.75. The number of halogens is 1. The Hall–Kier alpha value is -2.51. The van der Waals surface area contributed by atoms with E-state index in [1.165, 1.54) is 33.5 Å². The third-order valence-electron chi connectivity index (χ3n) is 4.50. The first-order chi connectivity index (χ1) is 11.6. The van der Waals surface area contributed by atoms with Crippen molar-refractivity contribution in [2.24, 2.45) is 0 Å². The molecule has 0 radical (unpaired) electrons. The number of nitrogens with zero attached hydrogens (tertiary/aromatic N) is 1. The van der Waals surface area contributed by atoms with E-state index in [1.54, 1.807) is 0 Å². The van der Waals surface area contributed by atoms with Gasteiger partial charge in [-0.2, -0.15) is 0 Å². The van der Waals surface area contributed by atoms with E-state index in [0.717, 1.165) is 10.6 Å². The number of fused-ring (bicyclic) bond motifs is 3. The Kier molecular flexibility index (Phi) is 3.66. The molecule has 1 nitrogen and oxygen atoms in total. The van der Waals surface area contributed by atoms with Crippen LogP contribution in [0, 0.1) is 0 Å². The van der Waals surface area contributed by atoms with Crippen molar-refractivity contribution in [1.29, 1.82) is 0 Å². The average Bonchev–Trinajstić information content (AvgIpc) is 2.90. The molecule has 0 bridgehead atoms. The minimum atomic E-state index is 0.763. The van der Waals surface area contributed by atoms with Crippen molar-refractivity contribution in [1.82, 2.24) is 0 Å². The lowest BCUT2D eigenvalue weighted by Gasteiger charge is -2.14. The second kappa shape index (κ2) is 5.85. The fraction of sp³-hybridized carbons (Fsp3) is 0.0909. The van der Waals surface area contributed by atoms with Crippen molar-refractivity contribution in [3.05, 3.63) is 88.4 Å². The van der Waals surface area contributed by atoms with Gasteiger partial charge in [0.25, 0.3) is 0 Å². The van der Waals surface area contributed by atoms with Gasteiger partial charge in [0.15, 0.2) is 0 Å². The van der Waals surface area contributed by atoms with Crippen LogP contribution in [-0.4, -0.2) is 14.1 Å². The lowest BCUT2D eigenvalue weighted by molar-refractivity contribution is 1.13. The van der Waals surface area contributed by atoms with Crippen LogP contribution in [0.5, 0.6) is 0 Å². The minimum absolute atomic E-state index is 0.763. The molecule has 4 rings (SSSR count). The zero-order chi connectivity index (χ0) is 16.7. The van der Waals surface area contributed by atoms with Crippen molar-refractivity contribution in [3.63, 3.8) is 0 Å². The summed E-state index contributed by atoms with van der Waals surface area (Å²) < 4.78 is 0. The van der Waals surface area contributed by atoms with Gasteiger partial charge in [0.1, 0.15) is 0 Å². The molecule has 2 heteroatoms. The zero-order valence-corrected chi connectivity index (χ0v) is 14.5. The molecule has 0 aromatic heterocycles. The molecule has 0 aliphatic heterocycles. The van der Waals surface area contributed by atoms with Crippen LogP contribution in [0.2, 0.25) is 5.02 Å². The quantitative estimate of drug-likeness (QED) is 0.437. The van der Waals surface area contributed by atoms with Gasteiger partial charge in [-0.15, -0.1) is 0 Å². The van der Waals surface area contributed by atoms with Crippen LogP contribution in [0.3, 0.4) is 0 Å². The fourth-order valence-electron chi connectivity index (χ4n) is 3.25. The molecule has 3 aromatic rings. The Morgan fingerprint density at radius 2 is 1.42 bits per heavy atom. The molecule has 118 valence electrons. The van der Waals surface area contributed by atoms with E-state index in [9.17, 15) is 0 Å². The Labute approximate surface area is 147 Å². The lowest BCUT2D eigenvalue weighted by atomic mass is 10.0. The largest absolute Gasteiger partial charge is 0.378 e. The van der Waals surface area contributed by atoms with Crippen molar-refractivity contribution in [2.75, 3.05) is 19.0 Å². The van der Waals surface area contributed by atoms with E-state index in [4.69, 9.17) is 11.6 Å². The fourth-order valence-corrected chi connectivity index (χ4v) is 3.37. The summed E-state index contributed by atoms with van der Waals surface area (Å²) in [5.74, 6) is 0. The first-order valence-corrected chi connectivity index (χ1v) is 8.40. The summed E-state index contributed by atoms with van der Waals surface area (Å²) in [4.78, 5) is 2.14. The van der Waals surface area contributed by atoms with Crippen LogP contribution in [0.4, 0.5) is 5.69 Å². The van der Waals surface area contributed by atoms with Gasteiger partial charge in [-0.25, -0.2) is 0 Å². The van der Waals surface area contributed by atoms with Crippen LogP contribution in [0.15, 0.2) is 66.7 Å². The molecule has 0 fully saturated rings. The molecule has 0 spiro atoms. The third kappa shape index (κ3) is 2.51. The number of benzene rings is 3. The highest BCUT2D eigenvalue weighted by atomic mass is 35.5. The van der Waals surface area contributed by atoms with E-state index in [1.807, 2.05) is 12.1 Å². The summed E-state index contributed by atoms with van der Waals surface area (Å²) in [7, 11) is 4.15. The molecule has 0 amide bonds. The predicted octanol–water partition coefficient (Wildman–Crippen LogP) is 5.98. The van der Waals surface area contributed by atoms with Crippen LogP contribution >= 0.6 is 11.6 Å². The van der Waals surface area contributed by atoms with Gasteiger partial charge in [0.2, 0.25) is 0 Å². The normalized spacial score (nSPS) is 13.7. The molecule has 24 heavy (non-hydrogen) atoms. The van der Waals surface area contributed by atoms with Gasteiger partial charge >= 0.3 is 0 Å². The topological polar surface area (TPSA) is 3.24 Å². The summed E-state index contributed by atoms with van der Waals surface area (Å²) >= 11 is 6.02. The van der Waals surface area contributed by atoms with E-state index in [0.29, 0.717) is 0 Å². The molecule has 0 heterocycles. The van der Waals surface area contributed by atoms with Crippen molar-refractivity contribution >= 4 is 28.9 Å². The number of anilines is 1. The minimum Gasteiger partial charge on any atom is -0.378 e. The first-order valence-electron chi connectivity index (χ1n) is 8.02. The second-order valence-corrected chi connectivity index (χ2v) is 6.72. The summed E-state index contributed by atoms with van der Waals surface area (Å²) in [6, 6.07) is 23.3. The Balaban J connectivity index is 1.93. The van der Waals surface area contributed by atoms with E-state index in [2.05, 4.69) is 79.7 Å². The van der Waals surface area contributed by atoms with E-state index in [-0.39, 0.29) is 0 Å². The SMILES string of the molecule is CN(C)c1ccc2c(c1)/C(=C\c1ccc(Cl)cc1)c1ccccc1-2. The van der Waals surface area contributed by atoms with Gasteiger partial charge in [-0.3, -0.25) is 0 Å². The zero-order valence-electron chi connectivity index (χ0n) is 13.8. The molecular formula is C22H18ClN. The predicted molar refractivity (Wildman–Crippen MR) is 105 cm³/mol. The van der Waals surface area contributed by atoms with Gasteiger partial charge in [-0.1, -0.05) is 54.1 Å². The Bertz CT molecular complexity index is 936. The molecule has 1 aliphatic rings. The number of rotatable bonds is 2. The highest BCUT2D eigenvalue weighted by molar-refractivity contribution is 6.30. The van der Waals surface area contributed by atoms with Crippen LogP contribution in [0.1, 0.15) is 16.7 Å². The maximum Gasteiger partial charge on any atom is 0.0406 e. The monoisotopic (exact) mass is 331 g/mol. The molecule has 0 N–H and O–H groups in total. The molecule has 0 saturated carbocycles. The van der Waals surface area contributed by atoms with E-state index < -0.39 is 0 Å². The molecule has 3 aromatic carbocycles. The van der Waals surface area contributed by atoms with Crippen LogP contribution in [0.25, 0.3) is 22.8 Å². The van der Waals surface area contributed by atoms with Crippen LogP contribution in [-0.2, 0) is 0 Å². The van der Waals surface area contributed by atoms with E-state index >= 15 is 0 Å². The van der Waals surface area contributed by atoms with Crippen LogP contribution < -0.4 is 4.90 Å². The van der Waals surface area contributed by atoms with Crippen molar-refractivity contribution in [3.8, 4) is 11.1 Å². The lowest BCUT2D eigenvalue weighted by Crippen LogP contribution is -2.08. The van der Waals surface area contributed by atoms with Gasteiger partial charge < -0.3 is 4.90 Å². The van der Waals surface area contributed by atoms with Crippen molar-refractivity contribution in [2.45, 2.75) is 0 Å². The Morgan fingerprint density at radius 3 is 2.12 bits per heavy atom. The summed E-state index contributed by atoms with van der Waals surface area (Å²) in [6.07, 6.45) is 2.25. The molecular weight excluding hydrogens is 314 g/mol. The number of hydrogen-bond acceptors (Lipinski definition) is 1. The molecule has 0 atom stereocenters. The first kappa shape index (κ1) is 15.0. The standard InChI is InChI=1S/C22H18ClN/c1-24(2)17-11-12-20-18-5-3-4-6-19(18)21(22(20)14-17)13-15-7-9-16(23)10-8-15/h3-14H,1-2H3/b21-13-. The molecule has 1 aliphatic carbocycles.